The second-order valence-electron chi connectivity index (χ2n) is 4.48. The van der Waals surface area contributed by atoms with E-state index in [1.165, 1.54) is 6.33 Å². The Balaban J connectivity index is 2.72. The number of likely N-dealkylation sites (N-methyl/N-ethyl adjacent to an activating group) is 1. The third-order valence-corrected chi connectivity index (χ3v) is 3.09. The van der Waals surface area contributed by atoms with Crippen LogP contribution >= 0.6 is 11.6 Å². The summed E-state index contributed by atoms with van der Waals surface area (Å²) in [6.07, 6.45) is 1.40. The van der Waals surface area contributed by atoms with Crippen LogP contribution in [0.25, 0.3) is 0 Å². The third kappa shape index (κ3) is 2.96. The molecule has 0 unspecified atom stereocenters. The number of anilines is 2. The van der Waals surface area contributed by atoms with Crippen molar-refractivity contribution < 1.29 is 0 Å². The summed E-state index contributed by atoms with van der Waals surface area (Å²) in [5.41, 5.74) is 5.59. The maximum absolute atomic E-state index is 5.98. The van der Waals surface area contributed by atoms with Crippen LogP contribution in [0.2, 0.25) is 5.02 Å². The number of nitrogens with zero attached hydrogens (tertiary/aromatic N) is 3. The fourth-order valence-electron chi connectivity index (χ4n) is 0.965. The molecule has 1 heterocycles. The summed E-state index contributed by atoms with van der Waals surface area (Å²) in [6, 6.07) is 0. The van der Waals surface area contributed by atoms with Crippen LogP contribution in [-0.4, -0.2) is 41.0 Å². The first-order valence-electron chi connectivity index (χ1n) is 5.02. The van der Waals surface area contributed by atoms with E-state index in [-0.39, 0.29) is 5.54 Å². The maximum atomic E-state index is 5.98. The van der Waals surface area contributed by atoms with Gasteiger partial charge in [-0.25, -0.2) is 9.97 Å². The van der Waals surface area contributed by atoms with Gasteiger partial charge in [0.1, 0.15) is 17.2 Å². The number of nitrogens with two attached hydrogens (primary N) is 1. The molecule has 0 bridgehead atoms. The van der Waals surface area contributed by atoms with Gasteiger partial charge >= 0.3 is 0 Å². The molecule has 1 aromatic rings. The molecule has 0 fully saturated rings. The lowest BCUT2D eigenvalue weighted by atomic mass is 10.0. The number of aromatic nitrogens is 2. The van der Waals surface area contributed by atoms with Crippen LogP contribution in [0.3, 0.4) is 0 Å². The van der Waals surface area contributed by atoms with Crippen molar-refractivity contribution in [1.82, 2.24) is 14.9 Å². The molecule has 0 aliphatic rings. The lowest BCUT2D eigenvalue weighted by Gasteiger charge is -2.32. The second-order valence-corrected chi connectivity index (χ2v) is 4.86. The van der Waals surface area contributed by atoms with Crippen molar-refractivity contribution in [2.45, 2.75) is 19.4 Å². The van der Waals surface area contributed by atoms with Gasteiger partial charge in [0.05, 0.1) is 0 Å². The Kier molecular flexibility index (Phi) is 3.93. The lowest BCUT2D eigenvalue weighted by Crippen LogP contribution is -2.44. The van der Waals surface area contributed by atoms with Crippen LogP contribution in [0.15, 0.2) is 6.33 Å². The Morgan fingerprint density at radius 3 is 2.62 bits per heavy atom. The highest BCUT2D eigenvalue weighted by Crippen LogP contribution is 2.24. The molecule has 5 nitrogen and oxygen atoms in total. The van der Waals surface area contributed by atoms with Gasteiger partial charge in [-0.05, 0) is 27.9 Å². The van der Waals surface area contributed by atoms with Crippen LogP contribution in [0.5, 0.6) is 0 Å². The quantitative estimate of drug-likeness (QED) is 0.838. The molecule has 6 heteroatoms. The van der Waals surface area contributed by atoms with Gasteiger partial charge in [-0.2, -0.15) is 0 Å². The number of nitrogens with one attached hydrogen (secondary N) is 1. The van der Waals surface area contributed by atoms with E-state index in [0.717, 1.165) is 6.54 Å². The molecule has 0 radical (unpaired) electrons. The summed E-state index contributed by atoms with van der Waals surface area (Å²) >= 11 is 5.98. The largest absolute Gasteiger partial charge is 0.382 e. The monoisotopic (exact) mass is 243 g/mol. The van der Waals surface area contributed by atoms with Gasteiger partial charge in [-0.1, -0.05) is 11.6 Å². The zero-order valence-electron chi connectivity index (χ0n) is 10.1. The normalized spacial score (nSPS) is 11.9. The molecular weight excluding hydrogens is 226 g/mol. The standard InChI is InChI=1S/C10H18ClN5/c1-10(2,16(3)4)5-13-9-7(11)8(12)14-6-15-9/h6H,5H2,1-4H3,(H3,12,13,14,15). The molecule has 0 aliphatic heterocycles. The van der Waals surface area contributed by atoms with Gasteiger partial charge in [0.15, 0.2) is 5.82 Å². The number of hydrogen-bond acceptors (Lipinski definition) is 5. The van der Waals surface area contributed by atoms with Crippen molar-refractivity contribution >= 4 is 23.2 Å². The average Bonchev–Trinajstić information content (AvgIpc) is 2.20. The summed E-state index contributed by atoms with van der Waals surface area (Å²) in [6.45, 7) is 4.97. The molecule has 0 saturated heterocycles. The number of halogens is 1. The van der Waals surface area contributed by atoms with E-state index >= 15 is 0 Å². The molecular formula is C10H18ClN5. The van der Waals surface area contributed by atoms with Gasteiger partial charge in [-0.3, -0.25) is 0 Å². The fourth-order valence-corrected chi connectivity index (χ4v) is 1.13. The van der Waals surface area contributed by atoms with E-state index in [0.29, 0.717) is 16.7 Å². The fraction of sp³-hybridized carbons (Fsp3) is 0.600. The first-order chi connectivity index (χ1) is 7.34. The second kappa shape index (κ2) is 4.84. The zero-order valence-corrected chi connectivity index (χ0v) is 10.8. The van der Waals surface area contributed by atoms with E-state index in [1.807, 2.05) is 14.1 Å². The summed E-state index contributed by atoms with van der Waals surface area (Å²) < 4.78 is 0. The van der Waals surface area contributed by atoms with Gasteiger partial charge < -0.3 is 16.0 Å². The third-order valence-electron chi connectivity index (χ3n) is 2.72. The minimum atomic E-state index is 0.00302. The molecule has 16 heavy (non-hydrogen) atoms. The predicted molar refractivity (Wildman–Crippen MR) is 67.7 cm³/mol. The van der Waals surface area contributed by atoms with E-state index in [4.69, 9.17) is 17.3 Å². The smallest absolute Gasteiger partial charge is 0.150 e. The Bertz CT molecular complexity index is 364. The minimum Gasteiger partial charge on any atom is -0.382 e. The van der Waals surface area contributed by atoms with E-state index < -0.39 is 0 Å². The molecule has 90 valence electrons. The summed E-state index contributed by atoms with van der Waals surface area (Å²) in [5.74, 6) is 0.867. The molecule has 0 saturated carbocycles. The number of rotatable bonds is 4. The van der Waals surface area contributed by atoms with Crippen LogP contribution in [0.1, 0.15) is 13.8 Å². The molecule has 1 rings (SSSR count). The molecule has 0 spiro atoms. The van der Waals surface area contributed by atoms with Crippen LogP contribution in [-0.2, 0) is 0 Å². The highest BCUT2D eigenvalue weighted by Gasteiger charge is 2.20. The molecule has 3 N–H and O–H groups in total. The van der Waals surface area contributed by atoms with E-state index in [1.54, 1.807) is 0 Å². The Morgan fingerprint density at radius 2 is 2.06 bits per heavy atom. The van der Waals surface area contributed by atoms with Crippen LogP contribution in [0.4, 0.5) is 11.6 Å². The Morgan fingerprint density at radius 1 is 1.44 bits per heavy atom. The number of hydrogen-bond donors (Lipinski definition) is 2. The first-order valence-corrected chi connectivity index (χ1v) is 5.39. The summed E-state index contributed by atoms with van der Waals surface area (Å²) in [7, 11) is 4.05. The molecule has 0 aliphatic carbocycles. The van der Waals surface area contributed by atoms with E-state index in [2.05, 4.69) is 34.0 Å². The van der Waals surface area contributed by atoms with Crippen molar-refractivity contribution in [2.24, 2.45) is 0 Å². The highest BCUT2D eigenvalue weighted by molar-refractivity contribution is 6.35. The molecule has 0 aromatic carbocycles. The summed E-state index contributed by atoms with van der Waals surface area (Å²) in [4.78, 5) is 9.98. The minimum absolute atomic E-state index is 0.00302. The van der Waals surface area contributed by atoms with Gasteiger partial charge in [0.25, 0.3) is 0 Å². The maximum Gasteiger partial charge on any atom is 0.150 e. The lowest BCUT2D eigenvalue weighted by molar-refractivity contribution is 0.210. The molecule has 0 atom stereocenters. The van der Waals surface area contributed by atoms with Crippen molar-refractivity contribution in [2.75, 3.05) is 31.7 Å². The molecule has 1 aromatic heterocycles. The van der Waals surface area contributed by atoms with Gasteiger partial charge in [0, 0.05) is 12.1 Å². The molecule has 0 amide bonds. The average molecular weight is 244 g/mol. The van der Waals surface area contributed by atoms with Crippen molar-refractivity contribution in [3.05, 3.63) is 11.3 Å². The predicted octanol–water partition coefficient (Wildman–Crippen LogP) is 1.46. The SMILES string of the molecule is CN(C)C(C)(C)CNc1ncnc(N)c1Cl. The Labute approximate surface area is 101 Å². The zero-order chi connectivity index (χ0) is 12.3. The van der Waals surface area contributed by atoms with Crippen molar-refractivity contribution in [3.63, 3.8) is 0 Å². The summed E-state index contributed by atoms with van der Waals surface area (Å²) in [5, 5.41) is 3.54. The number of nitrogen functional groups attached to an aromatic ring is 1. The van der Waals surface area contributed by atoms with Crippen LogP contribution in [0, 0.1) is 0 Å². The van der Waals surface area contributed by atoms with Gasteiger partial charge in [0.2, 0.25) is 0 Å². The first kappa shape index (κ1) is 13.0. The van der Waals surface area contributed by atoms with Gasteiger partial charge in [-0.15, -0.1) is 0 Å². The van der Waals surface area contributed by atoms with Crippen LogP contribution < -0.4 is 11.1 Å². The Hall–Kier alpha value is -1.07. The van der Waals surface area contributed by atoms with Crippen molar-refractivity contribution in [1.29, 1.82) is 0 Å². The topological polar surface area (TPSA) is 67.1 Å². The highest BCUT2D eigenvalue weighted by atomic mass is 35.5. The van der Waals surface area contributed by atoms with E-state index in [9.17, 15) is 0 Å². The van der Waals surface area contributed by atoms with Crippen molar-refractivity contribution in [3.8, 4) is 0 Å².